The molecule has 1 saturated heterocycles. The summed E-state index contributed by atoms with van der Waals surface area (Å²) in [5.41, 5.74) is 0. The van der Waals surface area contributed by atoms with Crippen LogP contribution in [0.1, 0.15) is 71.1 Å². The van der Waals surface area contributed by atoms with E-state index in [-0.39, 0.29) is 16.8 Å². The Morgan fingerprint density at radius 1 is 1.12 bits per heavy atom. The molecule has 0 saturated carbocycles. The topological polar surface area (TPSA) is 26.3 Å². The number of rotatable bonds is 12. The summed E-state index contributed by atoms with van der Waals surface area (Å²) in [6.07, 6.45) is 13.7. The Kier molecular flexibility index (Phi) is 8.60. The first kappa shape index (κ1) is 20.1. The normalized spacial score (nSPS) is 22.8. The molecule has 0 bridgehead atoms. The highest BCUT2D eigenvalue weighted by Gasteiger charge is 2.48. The molecule has 1 aliphatic heterocycles. The number of ether oxygens (including phenoxy) is 1. The second kappa shape index (κ2) is 10.7. The van der Waals surface area contributed by atoms with Crippen LogP contribution in [0, 0.1) is 0 Å². The second-order valence-corrected chi connectivity index (χ2v) is 8.59. The molecule has 3 heteroatoms. The molecule has 2 nitrogen and oxygen atoms in total. The molecule has 1 unspecified atom stereocenters. The van der Waals surface area contributed by atoms with Crippen molar-refractivity contribution in [1.29, 1.82) is 0 Å². The van der Waals surface area contributed by atoms with Gasteiger partial charge in [-0.2, -0.15) is 0 Å². The number of unbranched alkanes of at least 4 members (excludes halogenated alkanes) is 7. The van der Waals surface area contributed by atoms with Crippen molar-refractivity contribution in [2.75, 3.05) is 0 Å². The predicted molar refractivity (Wildman–Crippen MR) is 107 cm³/mol. The van der Waals surface area contributed by atoms with E-state index in [2.05, 4.69) is 18.7 Å². The van der Waals surface area contributed by atoms with Gasteiger partial charge in [-0.15, -0.1) is 18.3 Å². The smallest absolute Gasteiger partial charge is 0.322 e. The fourth-order valence-electron chi connectivity index (χ4n) is 3.52. The molecule has 25 heavy (non-hydrogen) atoms. The number of carbonyl (C=O) groups excluding carboxylic acids is 1. The van der Waals surface area contributed by atoms with Crippen LogP contribution < -0.4 is 0 Å². The van der Waals surface area contributed by atoms with Gasteiger partial charge in [-0.3, -0.25) is 4.79 Å². The van der Waals surface area contributed by atoms with Crippen LogP contribution in [0.3, 0.4) is 0 Å². The quantitative estimate of drug-likeness (QED) is 0.240. The summed E-state index contributed by atoms with van der Waals surface area (Å²) in [5, 5.41) is 0. The largest absolute Gasteiger partial charge is 0.462 e. The summed E-state index contributed by atoms with van der Waals surface area (Å²) in [6.45, 7) is 5.77. The van der Waals surface area contributed by atoms with Crippen LogP contribution in [-0.2, 0) is 9.53 Å². The van der Waals surface area contributed by atoms with E-state index in [1.165, 1.54) is 38.5 Å². The Bertz CT molecular complexity index is 528. The Hall–Kier alpha value is -1.22. The molecule has 2 rings (SSSR count). The average Bonchev–Trinajstić information content (AvgIpc) is 2.88. The molecule has 0 spiro atoms. The Balaban J connectivity index is 1.76. The third-order valence-corrected chi connectivity index (χ3v) is 6.28. The van der Waals surface area contributed by atoms with Crippen LogP contribution in [-0.4, -0.2) is 16.8 Å². The highest BCUT2D eigenvalue weighted by molar-refractivity contribution is 8.01. The van der Waals surface area contributed by atoms with Crippen molar-refractivity contribution in [2.45, 2.75) is 86.9 Å². The molecule has 0 amide bonds. The van der Waals surface area contributed by atoms with Gasteiger partial charge in [-0.25, -0.2) is 0 Å². The molecule has 1 aromatic carbocycles. The van der Waals surface area contributed by atoms with E-state index in [1.54, 1.807) is 11.8 Å². The summed E-state index contributed by atoms with van der Waals surface area (Å²) in [5.74, 6) is -0.0155. The van der Waals surface area contributed by atoms with Gasteiger partial charge in [-0.05, 0) is 38.3 Å². The van der Waals surface area contributed by atoms with Gasteiger partial charge in [0.05, 0.1) is 0 Å². The van der Waals surface area contributed by atoms with E-state index in [0.29, 0.717) is 0 Å². The SMILES string of the molecule is C=CCCCCCCCCCC1(Sc2ccccc2)C[C@H](C)OC1=O. The van der Waals surface area contributed by atoms with Gasteiger partial charge in [0.1, 0.15) is 10.9 Å². The standard InChI is InChI=1S/C22H32O2S/c1-3-4-5-6-7-8-9-10-14-17-22(18-19(2)24-21(22)23)25-20-15-12-11-13-16-20/h3,11-13,15-16,19H,1,4-10,14,17-18H2,2H3/t19-,22?/m0/s1. The van der Waals surface area contributed by atoms with Gasteiger partial charge in [0.2, 0.25) is 0 Å². The minimum Gasteiger partial charge on any atom is -0.462 e. The van der Waals surface area contributed by atoms with E-state index < -0.39 is 0 Å². The van der Waals surface area contributed by atoms with Gasteiger partial charge >= 0.3 is 5.97 Å². The fraction of sp³-hybridized carbons (Fsp3) is 0.591. The van der Waals surface area contributed by atoms with Gasteiger partial charge in [-0.1, -0.05) is 62.8 Å². The molecule has 0 aromatic heterocycles. The number of allylic oxidation sites excluding steroid dienone is 1. The molecule has 1 heterocycles. The first-order valence-corrected chi connectivity index (χ1v) is 10.5. The van der Waals surface area contributed by atoms with Crippen molar-refractivity contribution in [3.8, 4) is 0 Å². The highest BCUT2D eigenvalue weighted by atomic mass is 32.2. The van der Waals surface area contributed by atoms with E-state index in [4.69, 9.17) is 4.74 Å². The monoisotopic (exact) mass is 360 g/mol. The minimum atomic E-state index is -0.384. The van der Waals surface area contributed by atoms with Gasteiger partial charge in [0, 0.05) is 11.3 Å². The van der Waals surface area contributed by atoms with E-state index in [1.807, 2.05) is 31.2 Å². The van der Waals surface area contributed by atoms with E-state index in [9.17, 15) is 4.79 Å². The van der Waals surface area contributed by atoms with Crippen LogP contribution in [0.5, 0.6) is 0 Å². The van der Waals surface area contributed by atoms with Gasteiger partial charge < -0.3 is 4.74 Å². The molecule has 0 N–H and O–H groups in total. The number of hydrogen-bond donors (Lipinski definition) is 0. The third kappa shape index (κ3) is 6.54. The lowest BCUT2D eigenvalue weighted by molar-refractivity contribution is -0.142. The van der Waals surface area contributed by atoms with Crippen LogP contribution in [0.15, 0.2) is 47.9 Å². The van der Waals surface area contributed by atoms with Crippen LogP contribution in [0.4, 0.5) is 0 Å². The van der Waals surface area contributed by atoms with E-state index in [0.717, 1.165) is 30.6 Å². The molecule has 1 aromatic rings. The summed E-state index contributed by atoms with van der Waals surface area (Å²) >= 11 is 1.70. The lowest BCUT2D eigenvalue weighted by Crippen LogP contribution is -2.30. The zero-order valence-corrected chi connectivity index (χ0v) is 16.4. The Labute approximate surface area is 157 Å². The Morgan fingerprint density at radius 3 is 2.36 bits per heavy atom. The van der Waals surface area contributed by atoms with Crippen molar-refractivity contribution < 1.29 is 9.53 Å². The maximum Gasteiger partial charge on any atom is 0.322 e. The Morgan fingerprint density at radius 2 is 1.76 bits per heavy atom. The fourth-order valence-corrected chi connectivity index (χ4v) is 4.96. The van der Waals surface area contributed by atoms with E-state index >= 15 is 0 Å². The summed E-state index contributed by atoms with van der Waals surface area (Å²) in [7, 11) is 0. The first-order chi connectivity index (χ1) is 12.2. The predicted octanol–water partition coefficient (Wildman–Crippen LogP) is 6.55. The second-order valence-electron chi connectivity index (χ2n) is 7.13. The molecule has 0 radical (unpaired) electrons. The minimum absolute atomic E-state index is 0.0155. The summed E-state index contributed by atoms with van der Waals surface area (Å²) in [4.78, 5) is 13.7. The number of hydrogen-bond acceptors (Lipinski definition) is 3. The van der Waals surface area contributed by atoms with Crippen molar-refractivity contribution >= 4 is 17.7 Å². The first-order valence-electron chi connectivity index (χ1n) is 9.72. The van der Waals surface area contributed by atoms with Crippen molar-refractivity contribution in [3.63, 3.8) is 0 Å². The third-order valence-electron chi connectivity index (χ3n) is 4.84. The van der Waals surface area contributed by atoms with Crippen molar-refractivity contribution in [3.05, 3.63) is 43.0 Å². The maximum atomic E-state index is 12.5. The number of carbonyl (C=O) groups is 1. The van der Waals surface area contributed by atoms with Crippen molar-refractivity contribution in [1.82, 2.24) is 0 Å². The summed E-state index contributed by atoms with van der Waals surface area (Å²) < 4.78 is 5.13. The molecule has 1 aliphatic rings. The zero-order chi connectivity index (χ0) is 18.0. The highest BCUT2D eigenvalue weighted by Crippen LogP contribution is 2.45. The van der Waals surface area contributed by atoms with Gasteiger partial charge in [0.15, 0.2) is 0 Å². The lowest BCUT2D eigenvalue weighted by atomic mass is 9.96. The molecule has 138 valence electrons. The maximum absolute atomic E-state index is 12.5. The molecule has 1 fully saturated rings. The number of esters is 1. The number of benzene rings is 1. The van der Waals surface area contributed by atoms with Crippen molar-refractivity contribution in [2.24, 2.45) is 0 Å². The molecule has 2 atom stereocenters. The van der Waals surface area contributed by atoms with Crippen LogP contribution in [0.25, 0.3) is 0 Å². The van der Waals surface area contributed by atoms with Crippen LogP contribution >= 0.6 is 11.8 Å². The summed E-state index contributed by atoms with van der Waals surface area (Å²) in [6, 6.07) is 10.3. The lowest BCUT2D eigenvalue weighted by Gasteiger charge is -2.24. The molecular weight excluding hydrogens is 328 g/mol. The van der Waals surface area contributed by atoms with Gasteiger partial charge in [0.25, 0.3) is 0 Å². The number of thioether (sulfide) groups is 1. The average molecular weight is 361 g/mol. The zero-order valence-electron chi connectivity index (χ0n) is 15.5. The molecular formula is C22H32O2S. The number of cyclic esters (lactones) is 1. The molecule has 0 aliphatic carbocycles. The van der Waals surface area contributed by atoms with Crippen LogP contribution in [0.2, 0.25) is 0 Å².